The fraction of sp³-hybridized carbons (Fsp3) is 0.375. The molecule has 2 aromatic rings. The van der Waals surface area contributed by atoms with Crippen LogP contribution in [0.4, 0.5) is 4.39 Å². The molecule has 1 aromatic carbocycles. The Morgan fingerprint density at radius 3 is 2.68 bits per heavy atom. The first-order valence-corrected chi connectivity index (χ1v) is 7.47. The van der Waals surface area contributed by atoms with E-state index in [1.807, 2.05) is 13.0 Å². The zero-order valence-electron chi connectivity index (χ0n) is 11.6. The zero-order valence-corrected chi connectivity index (χ0v) is 12.4. The summed E-state index contributed by atoms with van der Waals surface area (Å²) in [5, 5.41) is 5.65. The van der Waals surface area contributed by atoms with Crippen LogP contribution in [0.2, 0.25) is 0 Å². The Balaban J connectivity index is 2.09. The summed E-state index contributed by atoms with van der Waals surface area (Å²) >= 11 is 1.77. The number of aryl methyl sites for hydroxylation is 1. The summed E-state index contributed by atoms with van der Waals surface area (Å²) in [6.07, 6.45) is 0. The zero-order chi connectivity index (χ0) is 13.8. The lowest BCUT2D eigenvalue weighted by atomic mass is 10.0. The molecule has 0 bridgehead atoms. The van der Waals surface area contributed by atoms with Gasteiger partial charge in [0, 0.05) is 17.5 Å². The van der Waals surface area contributed by atoms with Gasteiger partial charge in [-0.2, -0.15) is 0 Å². The molecule has 0 saturated carbocycles. The van der Waals surface area contributed by atoms with Crippen LogP contribution in [-0.2, 0) is 6.54 Å². The van der Waals surface area contributed by atoms with Gasteiger partial charge in [-0.05, 0) is 47.5 Å². The van der Waals surface area contributed by atoms with Gasteiger partial charge in [0.2, 0.25) is 0 Å². The minimum atomic E-state index is -0.167. The van der Waals surface area contributed by atoms with Crippen LogP contribution in [0, 0.1) is 18.7 Å². The van der Waals surface area contributed by atoms with Crippen LogP contribution < -0.4 is 5.32 Å². The van der Waals surface area contributed by atoms with Crippen LogP contribution in [0.3, 0.4) is 0 Å². The summed E-state index contributed by atoms with van der Waals surface area (Å²) in [5.74, 6) is 0.340. The van der Waals surface area contributed by atoms with Crippen molar-refractivity contribution in [3.8, 4) is 0 Å². The monoisotopic (exact) mass is 277 g/mol. The first-order valence-electron chi connectivity index (χ1n) is 6.59. The maximum Gasteiger partial charge on any atom is 0.123 e. The molecule has 1 N–H and O–H groups in total. The highest BCUT2D eigenvalue weighted by atomic mass is 32.1. The summed E-state index contributed by atoms with van der Waals surface area (Å²) < 4.78 is 13.3. The van der Waals surface area contributed by atoms with Crippen LogP contribution in [0.5, 0.6) is 0 Å². The van der Waals surface area contributed by atoms with Gasteiger partial charge in [-0.25, -0.2) is 4.39 Å². The Morgan fingerprint density at radius 2 is 2.05 bits per heavy atom. The molecule has 1 aromatic heterocycles. The van der Waals surface area contributed by atoms with E-state index in [-0.39, 0.29) is 5.82 Å². The molecule has 1 nitrogen and oxygen atoms in total. The molecule has 0 radical (unpaired) electrons. The van der Waals surface area contributed by atoms with Crippen LogP contribution in [0.25, 0.3) is 0 Å². The molecular formula is C16H20FNS. The van der Waals surface area contributed by atoms with E-state index in [0.29, 0.717) is 18.5 Å². The van der Waals surface area contributed by atoms with Gasteiger partial charge in [0.15, 0.2) is 0 Å². The number of thiophene rings is 1. The van der Waals surface area contributed by atoms with Crippen LogP contribution in [0.1, 0.15) is 35.9 Å². The number of halogens is 1. The van der Waals surface area contributed by atoms with Gasteiger partial charge in [0.25, 0.3) is 0 Å². The molecule has 1 unspecified atom stereocenters. The SMILES string of the molecule is Cc1ccc(F)cc1CNC(c1cccs1)C(C)C. The molecule has 0 amide bonds. The average Bonchev–Trinajstić information content (AvgIpc) is 2.87. The second-order valence-electron chi connectivity index (χ2n) is 5.19. The van der Waals surface area contributed by atoms with Crippen molar-refractivity contribution in [2.75, 3.05) is 0 Å². The van der Waals surface area contributed by atoms with Crippen LogP contribution in [0.15, 0.2) is 35.7 Å². The van der Waals surface area contributed by atoms with E-state index in [1.165, 1.54) is 10.9 Å². The second kappa shape index (κ2) is 6.31. The van der Waals surface area contributed by atoms with Crippen LogP contribution >= 0.6 is 11.3 Å². The van der Waals surface area contributed by atoms with E-state index in [2.05, 4.69) is 36.7 Å². The van der Waals surface area contributed by atoms with Crippen molar-refractivity contribution in [1.82, 2.24) is 5.32 Å². The third-order valence-electron chi connectivity index (χ3n) is 3.34. The average molecular weight is 277 g/mol. The van der Waals surface area contributed by atoms with Crippen molar-refractivity contribution in [2.45, 2.75) is 33.4 Å². The molecule has 1 atom stereocenters. The Labute approximate surface area is 118 Å². The number of rotatable bonds is 5. The van der Waals surface area contributed by atoms with Crippen molar-refractivity contribution in [3.05, 3.63) is 57.5 Å². The molecule has 0 saturated heterocycles. The molecule has 0 aliphatic heterocycles. The molecule has 19 heavy (non-hydrogen) atoms. The van der Waals surface area contributed by atoms with Crippen molar-refractivity contribution in [1.29, 1.82) is 0 Å². The highest BCUT2D eigenvalue weighted by Gasteiger charge is 2.16. The predicted octanol–water partition coefficient (Wildman–Crippen LogP) is 4.68. The Kier molecular flexibility index (Phi) is 4.72. The quantitative estimate of drug-likeness (QED) is 0.836. The van der Waals surface area contributed by atoms with E-state index in [1.54, 1.807) is 17.4 Å². The minimum absolute atomic E-state index is 0.167. The van der Waals surface area contributed by atoms with E-state index in [4.69, 9.17) is 0 Å². The summed E-state index contributed by atoms with van der Waals surface area (Å²) in [4.78, 5) is 1.34. The topological polar surface area (TPSA) is 12.0 Å². The van der Waals surface area contributed by atoms with Gasteiger partial charge in [0.1, 0.15) is 5.82 Å². The third kappa shape index (κ3) is 3.64. The van der Waals surface area contributed by atoms with Crippen LogP contribution in [-0.4, -0.2) is 0 Å². The van der Waals surface area contributed by atoms with E-state index >= 15 is 0 Å². The molecular weight excluding hydrogens is 257 g/mol. The highest BCUT2D eigenvalue weighted by Crippen LogP contribution is 2.26. The molecule has 1 heterocycles. The molecule has 0 aliphatic rings. The second-order valence-corrected chi connectivity index (χ2v) is 6.17. The largest absolute Gasteiger partial charge is 0.305 e. The fourth-order valence-corrected chi connectivity index (χ4v) is 3.16. The van der Waals surface area contributed by atoms with Gasteiger partial charge < -0.3 is 5.32 Å². The number of nitrogens with one attached hydrogen (secondary N) is 1. The van der Waals surface area contributed by atoms with E-state index in [0.717, 1.165) is 11.1 Å². The van der Waals surface area contributed by atoms with Crippen molar-refractivity contribution < 1.29 is 4.39 Å². The number of hydrogen-bond acceptors (Lipinski definition) is 2. The summed E-state index contributed by atoms with van der Waals surface area (Å²) in [6, 6.07) is 9.52. The van der Waals surface area contributed by atoms with E-state index < -0.39 is 0 Å². The molecule has 102 valence electrons. The lowest BCUT2D eigenvalue weighted by molar-refractivity contribution is 0.415. The molecule has 0 spiro atoms. The van der Waals surface area contributed by atoms with Gasteiger partial charge in [-0.15, -0.1) is 11.3 Å². The smallest absolute Gasteiger partial charge is 0.123 e. The maximum absolute atomic E-state index is 13.3. The maximum atomic E-state index is 13.3. The predicted molar refractivity (Wildman–Crippen MR) is 79.9 cm³/mol. The molecule has 3 heteroatoms. The molecule has 2 rings (SSSR count). The van der Waals surface area contributed by atoms with Crippen molar-refractivity contribution in [3.63, 3.8) is 0 Å². The molecule has 0 aliphatic carbocycles. The van der Waals surface area contributed by atoms with Crippen molar-refractivity contribution in [2.24, 2.45) is 5.92 Å². The highest BCUT2D eigenvalue weighted by molar-refractivity contribution is 7.10. The summed E-state index contributed by atoms with van der Waals surface area (Å²) in [7, 11) is 0. The van der Waals surface area contributed by atoms with Gasteiger partial charge >= 0.3 is 0 Å². The summed E-state index contributed by atoms with van der Waals surface area (Å²) in [5.41, 5.74) is 2.16. The Bertz CT molecular complexity index is 520. The fourth-order valence-electron chi connectivity index (χ4n) is 2.18. The number of benzene rings is 1. The van der Waals surface area contributed by atoms with Gasteiger partial charge in [-0.3, -0.25) is 0 Å². The first kappa shape index (κ1) is 14.2. The molecule has 0 fully saturated rings. The van der Waals surface area contributed by atoms with Gasteiger partial charge in [-0.1, -0.05) is 26.0 Å². The Morgan fingerprint density at radius 1 is 1.26 bits per heavy atom. The Hall–Kier alpha value is -1.19. The van der Waals surface area contributed by atoms with Crippen molar-refractivity contribution >= 4 is 11.3 Å². The van der Waals surface area contributed by atoms with Gasteiger partial charge in [0.05, 0.1) is 0 Å². The first-order chi connectivity index (χ1) is 9.08. The number of hydrogen-bond donors (Lipinski definition) is 1. The third-order valence-corrected chi connectivity index (χ3v) is 4.30. The minimum Gasteiger partial charge on any atom is -0.305 e. The summed E-state index contributed by atoms with van der Waals surface area (Å²) in [6.45, 7) is 7.13. The normalized spacial score (nSPS) is 12.9. The standard InChI is InChI=1S/C16H20FNS/c1-11(2)16(15-5-4-8-19-15)18-10-13-9-14(17)7-6-12(13)3/h4-9,11,16,18H,10H2,1-3H3. The van der Waals surface area contributed by atoms with E-state index in [9.17, 15) is 4.39 Å². The lowest BCUT2D eigenvalue weighted by Gasteiger charge is -2.22. The lowest BCUT2D eigenvalue weighted by Crippen LogP contribution is -2.25.